The molecule has 1 aliphatic heterocycles. The Morgan fingerprint density at radius 1 is 1.35 bits per heavy atom. The lowest BCUT2D eigenvalue weighted by molar-refractivity contribution is -0.181. The van der Waals surface area contributed by atoms with Crippen molar-refractivity contribution < 1.29 is 22.7 Å². The van der Waals surface area contributed by atoms with Gasteiger partial charge in [-0.1, -0.05) is 30.3 Å². The van der Waals surface area contributed by atoms with E-state index in [-0.39, 0.29) is 19.7 Å². The fraction of sp³-hybridized carbons (Fsp3) is 0.462. The summed E-state index contributed by atoms with van der Waals surface area (Å²) < 4.78 is 43.4. The molecule has 1 saturated heterocycles. The van der Waals surface area contributed by atoms with Crippen LogP contribution in [0.15, 0.2) is 30.3 Å². The van der Waals surface area contributed by atoms with Gasteiger partial charge in [0.15, 0.2) is 0 Å². The molecule has 0 radical (unpaired) electrons. The second-order valence-corrected chi connectivity index (χ2v) is 4.50. The van der Waals surface area contributed by atoms with E-state index in [0.29, 0.717) is 6.54 Å². The molecule has 0 saturated carbocycles. The normalized spacial score (nSPS) is 19.8. The van der Waals surface area contributed by atoms with Crippen LogP contribution in [0.5, 0.6) is 0 Å². The molecular formula is C13H15F3N2O2. The first-order chi connectivity index (χ1) is 9.48. The van der Waals surface area contributed by atoms with E-state index in [1.54, 1.807) is 30.3 Å². The van der Waals surface area contributed by atoms with Gasteiger partial charge in [-0.2, -0.15) is 13.2 Å². The third-order valence-electron chi connectivity index (χ3n) is 3.06. The molecule has 1 atom stereocenters. The average Bonchev–Trinajstić information content (AvgIpc) is 2.45. The van der Waals surface area contributed by atoms with Gasteiger partial charge < -0.3 is 10.1 Å². The van der Waals surface area contributed by atoms with Crippen LogP contribution in [0.4, 0.5) is 18.0 Å². The summed E-state index contributed by atoms with van der Waals surface area (Å²) in [6, 6.07) is 7.00. The molecule has 0 spiro atoms. The Hall–Kier alpha value is -1.76. The maximum Gasteiger partial charge on any atom is 0.410 e. The van der Waals surface area contributed by atoms with Crippen LogP contribution in [0.25, 0.3) is 0 Å². The maximum atomic E-state index is 12.8. The number of carbonyl (C=O) groups excluding carboxylic acids is 1. The number of hydrogen-bond acceptors (Lipinski definition) is 3. The molecule has 4 nitrogen and oxygen atoms in total. The molecule has 0 aromatic heterocycles. The third-order valence-corrected chi connectivity index (χ3v) is 3.06. The molecule has 1 aliphatic rings. The molecule has 0 unspecified atom stereocenters. The van der Waals surface area contributed by atoms with Crippen LogP contribution in [-0.4, -0.2) is 42.8 Å². The van der Waals surface area contributed by atoms with Crippen LogP contribution in [0.2, 0.25) is 0 Å². The van der Waals surface area contributed by atoms with Gasteiger partial charge in [0.1, 0.15) is 12.6 Å². The molecule has 7 heteroatoms. The SMILES string of the molecule is O=C(OCc1ccccc1)N1CCNC[C@@H]1C(F)(F)F. The van der Waals surface area contributed by atoms with Crippen molar-refractivity contribution in [2.24, 2.45) is 0 Å². The van der Waals surface area contributed by atoms with Gasteiger partial charge in [0.25, 0.3) is 0 Å². The highest BCUT2D eigenvalue weighted by Crippen LogP contribution is 2.26. The quantitative estimate of drug-likeness (QED) is 0.906. The minimum Gasteiger partial charge on any atom is -0.445 e. The van der Waals surface area contributed by atoms with Crippen molar-refractivity contribution in [3.63, 3.8) is 0 Å². The number of nitrogens with zero attached hydrogens (tertiary/aromatic N) is 1. The number of piperazine rings is 1. The highest BCUT2D eigenvalue weighted by molar-refractivity contribution is 5.68. The van der Waals surface area contributed by atoms with Gasteiger partial charge in [-0.25, -0.2) is 4.79 Å². The average molecular weight is 288 g/mol. The number of amides is 1. The summed E-state index contributed by atoms with van der Waals surface area (Å²) in [5.74, 6) is 0. The first-order valence-corrected chi connectivity index (χ1v) is 6.23. The summed E-state index contributed by atoms with van der Waals surface area (Å²) in [6.45, 7) is -0.0249. The van der Waals surface area contributed by atoms with Crippen LogP contribution in [-0.2, 0) is 11.3 Å². The summed E-state index contributed by atoms with van der Waals surface area (Å²) >= 11 is 0. The molecule has 1 aromatic rings. The Labute approximate surface area is 114 Å². The van der Waals surface area contributed by atoms with Gasteiger partial charge in [-0.3, -0.25) is 4.90 Å². The van der Waals surface area contributed by atoms with Crippen LogP contribution in [0.1, 0.15) is 5.56 Å². The van der Waals surface area contributed by atoms with Crippen molar-refractivity contribution in [3.8, 4) is 0 Å². The minimum atomic E-state index is -4.46. The van der Waals surface area contributed by atoms with Crippen molar-refractivity contribution in [1.82, 2.24) is 10.2 Å². The summed E-state index contributed by atoms with van der Waals surface area (Å²) in [5, 5.41) is 2.63. The smallest absolute Gasteiger partial charge is 0.410 e. The van der Waals surface area contributed by atoms with Crippen LogP contribution < -0.4 is 5.32 Å². The summed E-state index contributed by atoms with van der Waals surface area (Å²) in [5.41, 5.74) is 0.736. The second-order valence-electron chi connectivity index (χ2n) is 4.50. The first kappa shape index (κ1) is 14.6. The number of halogens is 3. The van der Waals surface area contributed by atoms with Crippen LogP contribution in [0.3, 0.4) is 0 Å². The number of ether oxygens (including phenoxy) is 1. The Kier molecular flexibility index (Phi) is 4.49. The van der Waals surface area contributed by atoms with Crippen molar-refractivity contribution in [1.29, 1.82) is 0 Å². The van der Waals surface area contributed by atoms with E-state index in [1.807, 2.05) is 0 Å². The van der Waals surface area contributed by atoms with E-state index in [9.17, 15) is 18.0 Å². The summed E-state index contributed by atoms with van der Waals surface area (Å²) in [4.78, 5) is 12.5. The number of benzene rings is 1. The van der Waals surface area contributed by atoms with Crippen LogP contribution in [0, 0.1) is 0 Å². The maximum absolute atomic E-state index is 12.8. The molecule has 1 amide bonds. The Morgan fingerprint density at radius 2 is 2.05 bits per heavy atom. The van der Waals surface area contributed by atoms with E-state index in [2.05, 4.69) is 5.32 Å². The van der Waals surface area contributed by atoms with Gasteiger partial charge in [0, 0.05) is 19.6 Å². The largest absolute Gasteiger partial charge is 0.445 e. The standard InChI is InChI=1S/C13H15F3N2O2/c14-13(15,16)11-8-17-6-7-18(11)12(19)20-9-10-4-2-1-3-5-10/h1-5,11,17H,6-9H2/t11-/m1/s1. The van der Waals surface area contributed by atoms with E-state index in [4.69, 9.17) is 4.74 Å². The van der Waals surface area contributed by atoms with Crippen molar-refractivity contribution in [2.45, 2.75) is 18.8 Å². The fourth-order valence-corrected chi connectivity index (χ4v) is 2.02. The monoisotopic (exact) mass is 288 g/mol. The molecule has 20 heavy (non-hydrogen) atoms. The number of alkyl halides is 3. The zero-order valence-electron chi connectivity index (χ0n) is 10.7. The predicted octanol–water partition coefficient (Wildman–Crippen LogP) is 2.16. The van der Waals surface area contributed by atoms with Gasteiger partial charge in [0.05, 0.1) is 0 Å². The van der Waals surface area contributed by atoms with Crippen molar-refractivity contribution >= 4 is 6.09 Å². The van der Waals surface area contributed by atoms with E-state index in [0.717, 1.165) is 10.5 Å². The van der Waals surface area contributed by atoms with Crippen molar-refractivity contribution in [2.75, 3.05) is 19.6 Å². The topological polar surface area (TPSA) is 41.6 Å². The summed E-state index contributed by atoms with van der Waals surface area (Å²) in [7, 11) is 0. The lowest BCUT2D eigenvalue weighted by Crippen LogP contribution is -2.59. The highest BCUT2D eigenvalue weighted by Gasteiger charge is 2.47. The molecule has 0 aliphatic carbocycles. The van der Waals surface area contributed by atoms with Gasteiger partial charge in [-0.15, -0.1) is 0 Å². The zero-order valence-corrected chi connectivity index (χ0v) is 10.7. The molecule has 1 fully saturated rings. The van der Waals surface area contributed by atoms with Gasteiger partial charge in [0.2, 0.25) is 0 Å². The minimum absolute atomic E-state index is 0.0161. The highest BCUT2D eigenvalue weighted by atomic mass is 19.4. The van der Waals surface area contributed by atoms with Gasteiger partial charge >= 0.3 is 12.3 Å². The molecule has 2 rings (SSSR count). The second kappa shape index (κ2) is 6.13. The van der Waals surface area contributed by atoms with Crippen molar-refractivity contribution in [3.05, 3.63) is 35.9 Å². The van der Waals surface area contributed by atoms with Gasteiger partial charge in [-0.05, 0) is 5.56 Å². The number of hydrogen-bond donors (Lipinski definition) is 1. The molecule has 0 bridgehead atoms. The first-order valence-electron chi connectivity index (χ1n) is 6.23. The predicted molar refractivity (Wildman–Crippen MR) is 66.0 cm³/mol. The lowest BCUT2D eigenvalue weighted by Gasteiger charge is -2.36. The molecule has 110 valence electrons. The Morgan fingerprint density at radius 3 is 2.70 bits per heavy atom. The lowest BCUT2D eigenvalue weighted by atomic mass is 10.2. The Balaban J connectivity index is 1.96. The molecular weight excluding hydrogens is 273 g/mol. The fourth-order valence-electron chi connectivity index (χ4n) is 2.02. The summed E-state index contributed by atoms with van der Waals surface area (Å²) in [6.07, 6.45) is -5.39. The molecule has 1 N–H and O–H groups in total. The molecule has 1 aromatic carbocycles. The Bertz CT molecular complexity index is 451. The molecule has 1 heterocycles. The van der Waals surface area contributed by atoms with E-state index in [1.165, 1.54) is 0 Å². The zero-order chi connectivity index (χ0) is 14.6. The number of nitrogens with one attached hydrogen (secondary N) is 1. The van der Waals surface area contributed by atoms with Crippen LogP contribution >= 0.6 is 0 Å². The third kappa shape index (κ3) is 3.63. The number of rotatable bonds is 2. The van der Waals surface area contributed by atoms with E-state index < -0.39 is 18.3 Å². The van der Waals surface area contributed by atoms with E-state index >= 15 is 0 Å². The number of carbonyl (C=O) groups is 1.